The van der Waals surface area contributed by atoms with Crippen LogP contribution in [0.1, 0.15) is 5.56 Å². The third kappa shape index (κ3) is 3.50. The minimum Gasteiger partial charge on any atom is -0.275 e. The fourth-order valence-electron chi connectivity index (χ4n) is 1.39. The molecule has 0 aliphatic carbocycles. The van der Waals surface area contributed by atoms with E-state index in [0.29, 0.717) is 5.17 Å². The molecule has 0 bridgehead atoms. The van der Waals surface area contributed by atoms with E-state index >= 15 is 0 Å². The quantitative estimate of drug-likeness (QED) is 0.826. The van der Waals surface area contributed by atoms with Crippen LogP contribution in [0.15, 0.2) is 18.2 Å². The molecule has 0 atom stereocenters. The molecule has 1 saturated heterocycles. The summed E-state index contributed by atoms with van der Waals surface area (Å²) in [7, 11) is 0. The largest absolute Gasteiger partial charge is 0.416 e. The van der Waals surface area contributed by atoms with E-state index in [2.05, 4.69) is 22.0 Å². The predicted molar refractivity (Wildman–Crippen MR) is 52.8 cm³/mol. The van der Waals surface area contributed by atoms with E-state index in [1.165, 1.54) is 0 Å². The van der Waals surface area contributed by atoms with Gasteiger partial charge in [0.05, 0.1) is 11.3 Å². The van der Waals surface area contributed by atoms with Crippen molar-refractivity contribution >= 4 is 5.69 Å². The molecule has 1 radical (unpaired) electrons. The van der Waals surface area contributed by atoms with Crippen LogP contribution in [0.2, 0.25) is 0 Å². The molecule has 0 spiro atoms. The van der Waals surface area contributed by atoms with Gasteiger partial charge in [0.2, 0.25) is 0 Å². The lowest BCUT2D eigenvalue weighted by Crippen LogP contribution is -2.39. The summed E-state index contributed by atoms with van der Waals surface area (Å²) in [6.07, 6.45) is -4.49. The van der Waals surface area contributed by atoms with Crippen molar-refractivity contribution in [3.8, 4) is 0 Å². The topological polar surface area (TPSA) is 39.8 Å². The Morgan fingerprint density at radius 2 is 2.05 bits per heavy atom. The second-order valence-electron chi connectivity index (χ2n) is 3.50. The lowest BCUT2D eigenvalue weighted by Gasteiger charge is -2.17. The molecule has 10 heteroatoms. The number of benzene rings is 1. The minimum absolute atomic E-state index is 0.0303. The average Bonchev–Trinajstić information content (AvgIpc) is 2.76. The van der Waals surface area contributed by atoms with Crippen LogP contribution in [0.5, 0.6) is 0 Å². The van der Waals surface area contributed by atoms with Crippen LogP contribution in [-0.4, -0.2) is 18.5 Å². The molecule has 0 unspecified atom stereocenters. The van der Waals surface area contributed by atoms with E-state index in [1.807, 2.05) is 0 Å². The van der Waals surface area contributed by atoms with Gasteiger partial charge in [0.1, 0.15) is 6.67 Å². The SMILES string of the molecule is FC(F)ON1CN(c2[c]ccc(C(F)(F)F)c2)NN1. The van der Waals surface area contributed by atoms with Gasteiger partial charge in [-0.05, 0) is 12.1 Å². The zero-order chi connectivity index (χ0) is 14.0. The molecule has 5 nitrogen and oxygen atoms in total. The van der Waals surface area contributed by atoms with E-state index in [9.17, 15) is 22.0 Å². The highest BCUT2D eigenvalue weighted by Crippen LogP contribution is 2.31. The van der Waals surface area contributed by atoms with E-state index in [1.54, 1.807) is 0 Å². The second-order valence-corrected chi connectivity index (χ2v) is 3.50. The van der Waals surface area contributed by atoms with Crippen molar-refractivity contribution in [2.45, 2.75) is 12.8 Å². The van der Waals surface area contributed by atoms with Gasteiger partial charge in [0.25, 0.3) is 0 Å². The smallest absolute Gasteiger partial charge is 0.275 e. The van der Waals surface area contributed by atoms with E-state index in [0.717, 1.165) is 23.2 Å². The molecule has 0 saturated carbocycles. The number of hydrogen-bond donors (Lipinski definition) is 2. The molecular weight excluding hydrogens is 275 g/mol. The molecule has 1 aromatic carbocycles. The molecule has 0 aromatic heterocycles. The van der Waals surface area contributed by atoms with Gasteiger partial charge in [0, 0.05) is 6.07 Å². The maximum absolute atomic E-state index is 12.5. The van der Waals surface area contributed by atoms with Crippen molar-refractivity contribution in [2.24, 2.45) is 0 Å². The Morgan fingerprint density at radius 1 is 1.32 bits per heavy atom. The highest BCUT2D eigenvalue weighted by atomic mass is 19.4. The van der Waals surface area contributed by atoms with Crippen molar-refractivity contribution in [3.05, 3.63) is 29.8 Å². The zero-order valence-electron chi connectivity index (χ0n) is 9.21. The van der Waals surface area contributed by atoms with Crippen LogP contribution >= 0.6 is 0 Å². The predicted octanol–water partition coefficient (Wildman–Crippen LogP) is 1.66. The standard InChI is InChI=1S/C9H8F5N4O/c10-8(11)19-18-5-17(15-16-18)7-3-1-2-6(4-7)9(12,13)14/h1-2,4,8,15-16H,5H2. The van der Waals surface area contributed by atoms with Crippen LogP contribution < -0.4 is 16.1 Å². The number of nitrogens with one attached hydrogen (secondary N) is 2. The van der Waals surface area contributed by atoms with Crippen molar-refractivity contribution in [1.82, 2.24) is 16.2 Å². The molecule has 1 fully saturated rings. The lowest BCUT2D eigenvalue weighted by atomic mass is 10.2. The molecular formula is C9H8F5N4O. The molecule has 1 aliphatic rings. The summed E-state index contributed by atoms with van der Waals surface area (Å²) >= 11 is 0. The van der Waals surface area contributed by atoms with Crippen molar-refractivity contribution in [2.75, 3.05) is 11.7 Å². The Balaban J connectivity index is 2.07. The minimum atomic E-state index is -4.49. The monoisotopic (exact) mass is 283 g/mol. The molecule has 1 heterocycles. The summed E-state index contributed by atoms with van der Waals surface area (Å²) in [6, 6.07) is 5.34. The summed E-state index contributed by atoms with van der Waals surface area (Å²) in [4.78, 5) is 4.01. The van der Waals surface area contributed by atoms with E-state index < -0.39 is 18.4 Å². The average molecular weight is 283 g/mol. The van der Waals surface area contributed by atoms with Crippen molar-refractivity contribution in [3.63, 3.8) is 0 Å². The van der Waals surface area contributed by atoms with Gasteiger partial charge in [-0.2, -0.15) is 27.5 Å². The number of hydrogen-bond acceptors (Lipinski definition) is 5. The van der Waals surface area contributed by atoms with Crippen LogP contribution in [0.4, 0.5) is 27.6 Å². The number of halogens is 5. The fraction of sp³-hybridized carbons (Fsp3) is 0.333. The normalized spacial score (nSPS) is 17.5. The first-order chi connectivity index (χ1) is 8.86. The van der Waals surface area contributed by atoms with Gasteiger partial charge in [-0.3, -0.25) is 5.01 Å². The Bertz CT molecular complexity index is 441. The number of rotatable bonds is 3. The van der Waals surface area contributed by atoms with Gasteiger partial charge in [-0.1, -0.05) is 11.2 Å². The van der Waals surface area contributed by atoms with Gasteiger partial charge >= 0.3 is 12.8 Å². The zero-order valence-corrected chi connectivity index (χ0v) is 9.21. The first-order valence-corrected chi connectivity index (χ1v) is 4.96. The van der Waals surface area contributed by atoms with Gasteiger partial charge < -0.3 is 0 Å². The number of hydrazine groups is 3. The highest BCUT2D eigenvalue weighted by molar-refractivity contribution is 5.47. The third-order valence-corrected chi connectivity index (χ3v) is 2.19. The van der Waals surface area contributed by atoms with Crippen LogP contribution in [0, 0.1) is 6.07 Å². The highest BCUT2D eigenvalue weighted by Gasteiger charge is 2.31. The fourth-order valence-corrected chi connectivity index (χ4v) is 1.39. The van der Waals surface area contributed by atoms with Crippen LogP contribution in [0.3, 0.4) is 0 Å². The van der Waals surface area contributed by atoms with E-state index in [4.69, 9.17) is 0 Å². The Morgan fingerprint density at radius 3 is 2.68 bits per heavy atom. The molecule has 0 amide bonds. The number of alkyl halides is 5. The molecule has 2 rings (SSSR count). The van der Waals surface area contributed by atoms with Gasteiger partial charge in [0.15, 0.2) is 0 Å². The van der Waals surface area contributed by atoms with E-state index in [-0.39, 0.29) is 12.4 Å². The Kier molecular flexibility index (Phi) is 3.85. The maximum atomic E-state index is 12.5. The summed E-state index contributed by atoms with van der Waals surface area (Å²) in [5, 5.41) is 1.76. The molecule has 105 valence electrons. The maximum Gasteiger partial charge on any atom is 0.416 e. The first kappa shape index (κ1) is 13.9. The number of hydroxylamine groups is 1. The first-order valence-electron chi connectivity index (χ1n) is 4.96. The second kappa shape index (κ2) is 5.25. The summed E-state index contributed by atoms with van der Waals surface area (Å²) in [5.41, 5.74) is 3.73. The van der Waals surface area contributed by atoms with Crippen LogP contribution in [0.25, 0.3) is 0 Å². The Hall–Kier alpha value is -1.49. The molecule has 1 aromatic rings. The van der Waals surface area contributed by atoms with Crippen molar-refractivity contribution in [1.29, 1.82) is 0 Å². The van der Waals surface area contributed by atoms with Crippen LogP contribution in [-0.2, 0) is 11.0 Å². The Labute approximate surface area is 104 Å². The molecule has 1 aliphatic heterocycles. The summed E-state index contributed by atoms with van der Waals surface area (Å²) < 4.78 is 61.4. The molecule has 19 heavy (non-hydrogen) atoms. The summed E-state index contributed by atoms with van der Waals surface area (Å²) in [6.45, 7) is -3.29. The number of anilines is 1. The summed E-state index contributed by atoms with van der Waals surface area (Å²) in [5.74, 6) is 0. The van der Waals surface area contributed by atoms with Gasteiger partial charge in [-0.25, -0.2) is 4.84 Å². The number of nitrogens with zero attached hydrogens (tertiary/aromatic N) is 2. The molecule has 2 N–H and O–H groups in total. The third-order valence-electron chi connectivity index (χ3n) is 2.19. The lowest BCUT2D eigenvalue weighted by molar-refractivity contribution is -0.296. The van der Waals surface area contributed by atoms with Gasteiger partial charge in [-0.15, -0.1) is 5.53 Å². The van der Waals surface area contributed by atoms with Crippen molar-refractivity contribution < 1.29 is 26.8 Å².